The Kier molecular flexibility index (Phi) is 4.54. The van der Waals surface area contributed by atoms with Crippen LogP contribution in [0.4, 0.5) is 0 Å². The highest BCUT2D eigenvalue weighted by molar-refractivity contribution is 7.27. The summed E-state index contributed by atoms with van der Waals surface area (Å²) in [7, 11) is 0. The number of benzene rings is 11. The molecule has 72 heavy (non-hydrogen) atoms. The summed E-state index contributed by atoms with van der Waals surface area (Å²) in [5, 5.41) is 11.9. The monoisotopic (exact) mass is 962 g/mol. The Hall–Kier alpha value is -8.94. The van der Waals surface area contributed by atoms with Gasteiger partial charge in [-0.25, -0.2) is 0 Å². The maximum absolute atomic E-state index is 9.35. The Balaban J connectivity index is 0.991. The quantitative estimate of drug-likeness (QED) is 0.164. The summed E-state index contributed by atoms with van der Waals surface area (Å²) in [6.07, 6.45) is 0. The van der Waals surface area contributed by atoms with Crippen LogP contribution in [0.2, 0.25) is 0 Å². The number of nitrogens with zero attached hydrogens (tertiary/aromatic N) is 4. The third-order valence-electron chi connectivity index (χ3n) is 15.5. The van der Waals surface area contributed by atoms with Crippen LogP contribution in [0.25, 0.3) is 172 Å². The number of fused-ring (bicyclic) bond motifs is 26. The van der Waals surface area contributed by atoms with Crippen LogP contribution in [0.15, 0.2) is 206 Å². The van der Waals surface area contributed by atoms with Crippen molar-refractivity contribution in [3.63, 3.8) is 0 Å². The minimum Gasteiger partial charge on any atom is -0.309 e. The number of thiophene rings is 2. The van der Waals surface area contributed by atoms with Crippen molar-refractivity contribution in [3.05, 3.63) is 206 Å². The van der Waals surface area contributed by atoms with E-state index in [1.807, 2.05) is 60.7 Å². The maximum Gasteiger partial charge on any atom is 0.0645 e. The summed E-state index contributed by atoms with van der Waals surface area (Å²) in [5.41, 5.74) is 6.10. The molecule has 0 saturated heterocycles. The zero-order valence-electron chi connectivity index (χ0n) is 53.0. The fourth-order valence-corrected chi connectivity index (χ4v) is 15.1. The van der Waals surface area contributed by atoms with Crippen molar-refractivity contribution in [1.82, 2.24) is 17.9 Å². The van der Waals surface area contributed by atoms with Crippen LogP contribution in [0.5, 0.6) is 0 Å². The van der Waals surface area contributed by atoms with Gasteiger partial charge in [0.1, 0.15) is 0 Å². The fraction of sp³-hybridized carbons (Fsp3) is 0. The Morgan fingerprint density at radius 3 is 1.08 bits per heavy atom. The second-order valence-corrected chi connectivity index (χ2v) is 20.9. The van der Waals surface area contributed by atoms with Gasteiger partial charge in [-0.2, -0.15) is 0 Å². The predicted octanol–water partition coefficient (Wildman–Crippen LogP) is 18.9. The molecule has 0 aliphatic rings. The summed E-state index contributed by atoms with van der Waals surface area (Å²) < 4.78 is 156. The molecule has 11 aromatic carbocycles. The van der Waals surface area contributed by atoms with Gasteiger partial charge in [0.05, 0.1) is 77.1 Å². The zero-order valence-corrected chi connectivity index (χ0v) is 38.6. The predicted molar refractivity (Wildman–Crippen MR) is 310 cm³/mol. The molecule has 4 nitrogen and oxygen atoms in total. The summed E-state index contributed by atoms with van der Waals surface area (Å²) in [6.45, 7) is 0. The van der Waals surface area contributed by atoms with E-state index in [2.05, 4.69) is 57.3 Å². The van der Waals surface area contributed by atoms with Crippen molar-refractivity contribution >= 4 is 183 Å². The third kappa shape index (κ3) is 4.27. The third-order valence-corrected chi connectivity index (χ3v) is 17.9. The van der Waals surface area contributed by atoms with E-state index in [9.17, 15) is 5.48 Å². The smallest absolute Gasteiger partial charge is 0.0645 e. The van der Waals surface area contributed by atoms with E-state index in [1.54, 1.807) is 31.8 Å². The Bertz CT molecular complexity index is 6090. The second kappa shape index (κ2) is 12.7. The number of rotatable bonds is 2. The van der Waals surface area contributed by atoms with Crippen molar-refractivity contribution in [1.29, 1.82) is 0 Å². The van der Waals surface area contributed by atoms with E-state index in [1.165, 1.54) is 0 Å². The first-order valence-corrected chi connectivity index (χ1v) is 25.1. The van der Waals surface area contributed by atoms with Crippen LogP contribution in [-0.2, 0) is 0 Å². The van der Waals surface area contributed by atoms with Crippen LogP contribution in [0.1, 0.15) is 21.9 Å². The van der Waals surface area contributed by atoms with Crippen molar-refractivity contribution < 1.29 is 21.9 Å². The molecule has 8 aromatic heterocycles. The molecular formula is C66H34N4S2. The first-order chi connectivity index (χ1) is 42.4. The minimum atomic E-state index is -0.516. The van der Waals surface area contributed by atoms with Crippen molar-refractivity contribution in [3.8, 4) is 11.4 Å². The number of hydrogen-bond acceptors (Lipinski definition) is 2. The summed E-state index contributed by atoms with van der Waals surface area (Å²) in [6, 6.07) is 30.0. The van der Waals surface area contributed by atoms with Gasteiger partial charge < -0.3 is 17.9 Å². The Labute approximate surface area is 438 Å². The first-order valence-electron chi connectivity index (χ1n) is 31.4. The number of para-hydroxylation sites is 4. The largest absolute Gasteiger partial charge is 0.309 e. The normalized spacial score (nSPS) is 16.1. The van der Waals surface area contributed by atoms with Gasteiger partial charge in [-0.15, -0.1) is 22.7 Å². The highest BCUT2D eigenvalue weighted by Crippen LogP contribution is 2.52. The van der Waals surface area contributed by atoms with Crippen molar-refractivity contribution in [2.24, 2.45) is 0 Å². The van der Waals surface area contributed by atoms with Crippen molar-refractivity contribution in [2.75, 3.05) is 0 Å². The van der Waals surface area contributed by atoms with Crippen molar-refractivity contribution in [2.45, 2.75) is 0 Å². The Morgan fingerprint density at radius 2 is 0.667 bits per heavy atom. The van der Waals surface area contributed by atoms with E-state index >= 15 is 0 Å². The van der Waals surface area contributed by atoms with Gasteiger partial charge >= 0.3 is 0 Å². The molecule has 0 spiro atoms. The summed E-state index contributed by atoms with van der Waals surface area (Å²) in [4.78, 5) is 0. The molecular weight excluding hydrogens is 913 g/mol. The Morgan fingerprint density at radius 1 is 0.292 bits per heavy atom. The lowest BCUT2D eigenvalue weighted by molar-refractivity contribution is 1.18. The van der Waals surface area contributed by atoms with Gasteiger partial charge in [0, 0.05) is 116 Å². The van der Waals surface area contributed by atoms with E-state index < -0.39 is 72.5 Å². The number of aromatic nitrogens is 4. The van der Waals surface area contributed by atoms with Crippen LogP contribution in [0, 0.1) is 0 Å². The van der Waals surface area contributed by atoms with Gasteiger partial charge in [-0.1, -0.05) is 121 Å². The fourth-order valence-electron chi connectivity index (χ4n) is 12.7. The lowest BCUT2D eigenvalue weighted by Crippen LogP contribution is -1.94. The zero-order chi connectivity index (χ0) is 60.2. The molecule has 19 aromatic rings. The molecule has 6 heteroatoms. The van der Waals surface area contributed by atoms with Crippen LogP contribution >= 0.6 is 22.7 Å². The summed E-state index contributed by atoms with van der Waals surface area (Å²) in [5.74, 6) is 0. The molecule has 0 bridgehead atoms. The van der Waals surface area contributed by atoms with Gasteiger partial charge in [-0.05, 0) is 84.8 Å². The molecule has 8 heterocycles. The number of hydrogen-bond donors (Lipinski definition) is 0. The average Bonchev–Trinajstić information content (AvgIpc) is 1.53. The molecule has 0 amide bonds. The molecule has 330 valence electrons. The van der Waals surface area contributed by atoms with Gasteiger partial charge in [0.25, 0.3) is 0 Å². The van der Waals surface area contributed by atoms with Gasteiger partial charge in [-0.3, -0.25) is 0 Å². The standard InChI is InChI=1S/C66H34N4S2/c1-7-19-51-37(13-1)38-14-2-8-20-52(38)67(51)35-25-27-43-55(29-35)69-57-33-46-48-32-50-42-18-6-12-24-60(42)72-66(50)62-44-28-26-36(68-53-21-9-3-15-39(53)40-16-4-10-22-54(40)68)30-56(44)70(64(48)62)58(46)34-45(57)47-31-49-41-17-5-11-23-59(41)71-65(49)61(43)63(47)69/h1-34H/i1D,2D,3D,4D,7D,8D,9D,10D,13D,14D,15D,16D,19D,20D,21D,22D. The lowest BCUT2D eigenvalue weighted by atomic mass is 10.0. The van der Waals surface area contributed by atoms with Gasteiger partial charge in [0.15, 0.2) is 0 Å². The van der Waals surface area contributed by atoms with E-state index in [0.29, 0.717) is 11.4 Å². The van der Waals surface area contributed by atoms with E-state index in [0.717, 1.165) is 117 Å². The highest BCUT2D eigenvalue weighted by Gasteiger charge is 2.28. The molecule has 0 aliphatic heterocycles. The summed E-state index contributed by atoms with van der Waals surface area (Å²) >= 11 is 3.40. The van der Waals surface area contributed by atoms with E-state index in [4.69, 9.17) is 16.4 Å². The molecule has 0 fully saturated rings. The molecule has 0 unspecified atom stereocenters. The minimum absolute atomic E-state index is 0.00540. The molecule has 0 N–H and O–H groups in total. The topological polar surface area (TPSA) is 18.7 Å². The SMILES string of the molecule is [2H]c1c([2H])c([2H])c2c(c1[2H])c1c([2H])c([2H])c([2H])c([2H])c1n2-c1ccc2c3c4sc5ccccc5c4cc4c5cc6c(cc5n(c2c1)c43)c1cc2c3ccccc3sc2c2c3ccc(-n4c5c([2H])c([2H])c([2H])c([2H])c5c5c([2H])c([2H])c([2H])c([2H])c54)cc3n6c12. The lowest BCUT2D eigenvalue weighted by Gasteiger charge is -2.09. The van der Waals surface area contributed by atoms with E-state index in [-0.39, 0.29) is 67.8 Å². The molecule has 19 rings (SSSR count). The van der Waals surface area contributed by atoms with Gasteiger partial charge in [0.2, 0.25) is 0 Å². The first kappa shape index (κ1) is 25.8. The maximum atomic E-state index is 9.35. The second-order valence-electron chi connectivity index (χ2n) is 18.8. The van der Waals surface area contributed by atoms with Crippen LogP contribution in [0.3, 0.4) is 0 Å². The molecule has 0 saturated carbocycles. The highest BCUT2D eigenvalue weighted by atomic mass is 32.1. The van der Waals surface area contributed by atoms with Crippen LogP contribution < -0.4 is 0 Å². The molecule has 0 atom stereocenters. The average molecular weight is 963 g/mol. The van der Waals surface area contributed by atoms with Crippen LogP contribution in [-0.4, -0.2) is 17.9 Å². The molecule has 0 radical (unpaired) electrons. The molecule has 0 aliphatic carbocycles.